The van der Waals surface area contributed by atoms with Gasteiger partial charge < -0.3 is 41.2 Å². The number of methoxy groups -OCH3 is 1. The van der Waals surface area contributed by atoms with Crippen LogP contribution in [0, 0.1) is 23.2 Å². The molecule has 2 aromatic carbocycles. The first-order valence-corrected chi connectivity index (χ1v) is 21.9. The van der Waals surface area contributed by atoms with Gasteiger partial charge in [0.2, 0.25) is 23.6 Å². The van der Waals surface area contributed by atoms with Crippen molar-refractivity contribution >= 4 is 47.0 Å². The molecule has 62 heavy (non-hydrogen) atoms. The fourth-order valence-corrected chi connectivity index (χ4v) is 7.47. The number of esters is 1. The largest absolute Gasteiger partial charge is 0.495 e. The minimum absolute atomic E-state index is 0.0282. The van der Waals surface area contributed by atoms with Crippen molar-refractivity contribution in [1.29, 1.82) is 0 Å². The number of rotatable bonds is 15. The van der Waals surface area contributed by atoms with Gasteiger partial charge in [-0.05, 0) is 87.3 Å². The van der Waals surface area contributed by atoms with Gasteiger partial charge in [-0.1, -0.05) is 82.6 Å². The van der Waals surface area contributed by atoms with Gasteiger partial charge in [-0.3, -0.25) is 24.0 Å². The average molecular weight is 881 g/mol. The minimum Gasteiger partial charge on any atom is -0.495 e. The maximum Gasteiger partial charge on any atom is 0.328 e. The van der Waals surface area contributed by atoms with Crippen molar-refractivity contribution in [1.82, 2.24) is 21.3 Å². The number of ether oxygens (including phenoxy) is 3. The maximum absolute atomic E-state index is 14.0. The minimum atomic E-state index is -1.18. The van der Waals surface area contributed by atoms with Crippen molar-refractivity contribution in [3.63, 3.8) is 0 Å². The van der Waals surface area contributed by atoms with Gasteiger partial charge >= 0.3 is 5.97 Å². The highest BCUT2D eigenvalue weighted by Gasteiger charge is 2.48. The first kappa shape index (κ1) is 49.9. The first-order valence-electron chi connectivity index (χ1n) is 21.6. The fourth-order valence-electron chi connectivity index (χ4n) is 7.19. The molecule has 2 aliphatic heterocycles. The van der Waals surface area contributed by atoms with Crippen LogP contribution in [0.4, 0.5) is 0 Å². The second-order valence-electron chi connectivity index (χ2n) is 18.0. The lowest BCUT2D eigenvalue weighted by atomic mass is 9.83. The lowest BCUT2D eigenvalue weighted by Crippen LogP contribution is -2.58. The number of Topliss-reactive ketones (excluding diaryl/α,β-unsaturated/α-hetero) is 1. The molecule has 0 bridgehead atoms. The van der Waals surface area contributed by atoms with Crippen LogP contribution >= 0.6 is 11.6 Å². The topological polar surface area (TPSA) is 208 Å². The molecule has 4 amide bonds. The highest BCUT2D eigenvalue weighted by atomic mass is 35.5. The van der Waals surface area contributed by atoms with Crippen LogP contribution in [0.5, 0.6) is 5.75 Å². The normalized spacial score (nSPS) is 25.4. The number of ketones is 1. The molecule has 15 heteroatoms. The van der Waals surface area contributed by atoms with Crippen LogP contribution < -0.4 is 31.7 Å². The molecular weight excluding hydrogens is 814 g/mol. The van der Waals surface area contributed by atoms with E-state index < -0.39 is 65.4 Å². The number of cyclic esters (lactones) is 1. The molecule has 2 aromatic rings. The maximum atomic E-state index is 14.0. The summed E-state index contributed by atoms with van der Waals surface area (Å²) in [4.78, 5) is 80.2. The third-order valence-electron chi connectivity index (χ3n) is 12.0. The average Bonchev–Trinajstić information content (AvgIpc) is 4.02. The van der Waals surface area contributed by atoms with Crippen LogP contribution in [0.25, 0.3) is 0 Å². The molecule has 0 saturated carbocycles. The highest BCUT2D eigenvalue weighted by Crippen LogP contribution is 2.45. The Bertz CT molecular complexity index is 1950. The summed E-state index contributed by atoms with van der Waals surface area (Å²) in [7, 11) is 1.50. The Labute approximate surface area is 371 Å². The van der Waals surface area contributed by atoms with E-state index in [1.807, 2.05) is 58.9 Å². The predicted molar refractivity (Wildman–Crippen MR) is 237 cm³/mol. The van der Waals surface area contributed by atoms with E-state index in [1.54, 1.807) is 52.0 Å². The number of carbonyl (C=O) groups is 6. The van der Waals surface area contributed by atoms with Gasteiger partial charge in [-0.25, -0.2) is 4.79 Å². The molecule has 9 atom stereocenters. The molecule has 2 aliphatic rings. The summed E-state index contributed by atoms with van der Waals surface area (Å²) in [6.07, 6.45) is 2.89. The van der Waals surface area contributed by atoms with Crippen molar-refractivity contribution in [3.8, 4) is 5.75 Å². The molecule has 4 rings (SSSR count). The zero-order chi connectivity index (χ0) is 46.1. The monoisotopic (exact) mass is 879 g/mol. The third-order valence-corrected chi connectivity index (χ3v) is 12.3. The van der Waals surface area contributed by atoms with Gasteiger partial charge in [-0.2, -0.15) is 0 Å². The number of hydrogen-bond acceptors (Lipinski definition) is 10. The highest BCUT2D eigenvalue weighted by molar-refractivity contribution is 6.32. The van der Waals surface area contributed by atoms with Crippen molar-refractivity contribution < 1.29 is 43.0 Å². The Morgan fingerprint density at radius 3 is 2.23 bits per heavy atom. The number of benzene rings is 2. The van der Waals surface area contributed by atoms with E-state index in [0.29, 0.717) is 29.2 Å². The van der Waals surface area contributed by atoms with Crippen LogP contribution in [0.1, 0.15) is 104 Å². The molecule has 2 heterocycles. The van der Waals surface area contributed by atoms with E-state index in [2.05, 4.69) is 21.3 Å². The summed E-state index contributed by atoms with van der Waals surface area (Å²) >= 11 is 6.38. The lowest BCUT2D eigenvalue weighted by Gasteiger charge is -2.34. The molecule has 0 radical (unpaired) electrons. The molecule has 1 unspecified atom stereocenters. The first-order chi connectivity index (χ1) is 29.1. The molecule has 0 aliphatic carbocycles. The lowest BCUT2D eigenvalue weighted by molar-refractivity contribution is -0.157. The predicted octanol–water partition coefficient (Wildman–Crippen LogP) is 5.08. The van der Waals surface area contributed by atoms with E-state index in [-0.39, 0.29) is 60.9 Å². The summed E-state index contributed by atoms with van der Waals surface area (Å²) in [5.74, 6) is -2.40. The number of hydrogen-bond donors (Lipinski definition) is 5. The van der Waals surface area contributed by atoms with E-state index in [9.17, 15) is 28.8 Å². The van der Waals surface area contributed by atoms with Gasteiger partial charge in [0, 0.05) is 31.2 Å². The Morgan fingerprint density at radius 1 is 0.952 bits per heavy atom. The van der Waals surface area contributed by atoms with Gasteiger partial charge in [-0.15, -0.1) is 0 Å². The zero-order valence-electron chi connectivity index (χ0n) is 37.7. The van der Waals surface area contributed by atoms with E-state index >= 15 is 0 Å². The van der Waals surface area contributed by atoms with E-state index in [1.165, 1.54) is 13.2 Å². The zero-order valence-corrected chi connectivity index (χ0v) is 38.5. The van der Waals surface area contributed by atoms with Crippen LogP contribution in [0.2, 0.25) is 5.02 Å². The molecular formula is C47H66ClN5O9. The van der Waals surface area contributed by atoms with Crippen molar-refractivity contribution in [3.05, 3.63) is 76.3 Å². The number of halogens is 1. The molecule has 1 fully saturated rings. The summed E-state index contributed by atoms with van der Waals surface area (Å²) in [5.41, 5.74) is 7.29. The smallest absolute Gasteiger partial charge is 0.328 e. The van der Waals surface area contributed by atoms with Crippen LogP contribution in [0.3, 0.4) is 0 Å². The van der Waals surface area contributed by atoms with Crippen LogP contribution in [-0.2, 0) is 51.1 Å². The van der Waals surface area contributed by atoms with Gasteiger partial charge in [0.1, 0.15) is 30.0 Å². The van der Waals surface area contributed by atoms with Crippen molar-refractivity contribution in [2.75, 3.05) is 7.11 Å². The number of aryl methyl sites for hydroxylation is 1. The second-order valence-corrected chi connectivity index (χ2v) is 18.5. The standard InChI is InChI=1S/C47H66ClN5O9/c1-25(2)22-35-45(58)61-37(27(5)41-42(62-41)32-18-14-30(15-19-32)16-20-36(54)28(6)50-44(57)40(49)26(3)4)12-11-13-39(55)52-34(24-31-17-21-38(60-10)33(48)23-31)43(56)51-29(7)47(8,9)46(59)53-35/h11,13-15,17-19,21,23,25-29,34-35,37,40-42H,12,16,20,22,24,49H2,1-10H3,(H,50,57)(H,51,56)(H,52,55)(H,53,59)/b13-11+/t27-,28-,29?,34+,35-,37-,40-,41+,42+/m0/s1. The Hall–Kier alpha value is -4.79. The number of amides is 4. The molecule has 340 valence electrons. The summed E-state index contributed by atoms with van der Waals surface area (Å²) in [5, 5.41) is 11.7. The molecule has 6 N–H and O–H groups in total. The van der Waals surface area contributed by atoms with Gasteiger partial charge in [0.05, 0.1) is 35.7 Å². The van der Waals surface area contributed by atoms with Crippen molar-refractivity contribution in [2.45, 2.75) is 143 Å². The fraction of sp³-hybridized carbons (Fsp3) is 0.574. The SMILES string of the molecule is COc1ccc(C[C@H]2NC(=O)/C=C/C[C@@H]([C@H](C)[C@H]3O[C@@H]3c3ccc(CCC(=O)[C@H](C)NC(=O)[C@@H](N)C(C)C)cc3)OC(=O)[C@H](CC(C)C)NC(=O)C(C)(C)C(C)NC2=O)cc1Cl. The number of carbonyl (C=O) groups excluding carboxylic acids is 6. The number of epoxide rings is 1. The molecule has 1 saturated heterocycles. The number of nitrogens with two attached hydrogens (primary N) is 1. The van der Waals surface area contributed by atoms with Crippen LogP contribution in [-0.4, -0.2) is 84.9 Å². The Kier molecular flexibility index (Phi) is 17.7. The summed E-state index contributed by atoms with van der Waals surface area (Å²) in [6, 6.07) is 8.85. The Balaban J connectivity index is 1.52. The Morgan fingerprint density at radius 2 is 1.61 bits per heavy atom. The second kappa shape index (κ2) is 22.0. The quantitative estimate of drug-likeness (QED) is 0.119. The van der Waals surface area contributed by atoms with Gasteiger partial charge in [0.15, 0.2) is 5.78 Å². The van der Waals surface area contributed by atoms with Gasteiger partial charge in [0.25, 0.3) is 0 Å². The summed E-state index contributed by atoms with van der Waals surface area (Å²) < 4.78 is 17.7. The van der Waals surface area contributed by atoms with Crippen molar-refractivity contribution in [2.24, 2.45) is 28.9 Å². The summed E-state index contributed by atoms with van der Waals surface area (Å²) in [6.45, 7) is 16.2. The molecule has 0 spiro atoms. The molecule has 14 nitrogen and oxygen atoms in total. The van der Waals surface area contributed by atoms with E-state index in [0.717, 1.165) is 11.1 Å². The third kappa shape index (κ3) is 13.6. The molecule has 0 aromatic heterocycles. The van der Waals surface area contributed by atoms with E-state index in [4.69, 9.17) is 31.5 Å². The van der Waals surface area contributed by atoms with Crippen LogP contribution in [0.15, 0.2) is 54.6 Å². The number of nitrogens with one attached hydrogen (secondary N) is 4.